The lowest BCUT2D eigenvalue weighted by molar-refractivity contribution is -0.137. The lowest BCUT2D eigenvalue weighted by atomic mass is 9.94. The highest BCUT2D eigenvalue weighted by Gasteiger charge is 2.46. The Morgan fingerprint density at radius 2 is 2.00 bits per heavy atom. The lowest BCUT2D eigenvalue weighted by Crippen LogP contribution is -2.36. The van der Waals surface area contributed by atoms with Crippen molar-refractivity contribution in [2.75, 3.05) is 13.6 Å². The van der Waals surface area contributed by atoms with Crippen molar-refractivity contribution in [3.8, 4) is 0 Å². The fraction of sp³-hybridized carbons (Fsp3) is 0.562. The van der Waals surface area contributed by atoms with Gasteiger partial charge in [-0.1, -0.05) is 11.6 Å². The molecule has 0 bridgehead atoms. The van der Waals surface area contributed by atoms with Crippen molar-refractivity contribution in [2.45, 2.75) is 43.3 Å². The standard InChI is InChI=1S/C16H19ClF3N3.HI/c1-23(11-3-4-11)14(21)22-9-15(6-7-15)12-8-10(16(18,19)20)2-5-13(12)17;/h2,5,8,11H,3-4,6-7,9H2,1H3,(H2,21,22);1H. The largest absolute Gasteiger partial charge is 0.416 e. The van der Waals surface area contributed by atoms with Crippen LogP contribution in [-0.2, 0) is 11.6 Å². The van der Waals surface area contributed by atoms with E-state index in [0.717, 1.165) is 37.8 Å². The summed E-state index contributed by atoms with van der Waals surface area (Å²) in [4.78, 5) is 6.34. The summed E-state index contributed by atoms with van der Waals surface area (Å²) >= 11 is 6.15. The normalized spacial score (nSPS) is 19.6. The number of guanidine groups is 1. The monoisotopic (exact) mass is 473 g/mol. The highest BCUT2D eigenvalue weighted by atomic mass is 127. The van der Waals surface area contributed by atoms with Gasteiger partial charge in [-0.2, -0.15) is 13.2 Å². The number of alkyl halides is 3. The molecule has 2 aliphatic carbocycles. The Kier molecular flexibility index (Phi) is 5.64. The van der Waals surface area contributed by atoms with Gasteiger partial charge in [0, 0.05) is 23.5 Å². The fourth-order valence-electron chi connectivity index (χ4n) is 2.76. The molecule has 3 rings (SSSR count). The molecule has 0 spiro atoms. The van der Waals surface area contributed by atoms with Crippen LogP contribution in [0.3, 0.4) is 0 Å². The van der Waals surface area contributed by atoms with Crippen LogP contribution < -0.4 is 5.73 Å². The van der Waals surface area contributed by atoms with Crippen LogP contribution in [0.1, 0.15) is 36.8 Å². The molecule has 2 aliphatic rings. The van der Waals surface area contributed by atoms with Crippen molar-refractivity contribution in [1.82, 2.24) is 4.90 Å². The number of hydrogen-bond donors (Lipinski definition) is 1. The van der Waals surface area contributed by atoms with Crippen LogP contribution in [0.2, 0.25) is 5.02 Å². The van der Waals surface area contributed by atoms with Gasteiger partial charge >= 0.3 is 6.18 Å². The molecule has 0 aromatic heterocycles. The average Bonchev–Trinajstić information content (AvgIpc) is 3.37. The first-order valence-electron chi connectivity index (χ1n) is 7.63. The highest BCUT2D eigenvalue weighted by Crippen LogP contribution is 2.51. The van der Waals surface area contributed by atoms with Gasteiger partial charge in [-0.15, -0.1) is 24.0 Å². The van der Waals surface area contributed by atoms with Crippen molar-refractivity contribution < 1.29 is 13.2 Å². The Bertz CT molecular complexity index is 640. The quantitative estimate of drug-likeness (QED) is 0.400. The van der Waals surface area contributed by atoms with E-state index < -0.39 is 17.2 Å². The smallest absolute Gasteiger partial charge is 0.370 e. The Balaban J connectivity index is 0.00000208. The summed E-state index contributed by atoms with van der Waals surface area (Å²) in [6, 6.07) is 3.95. The van der Waals surface area contributed by atoms with Gasteiger partial charge in [-0.25, -0.2) is 0 Å². The van der Waals surface area contributed by atoms with Gasteiger partial charge in [0.2, 0.25) is 0 Å². The first kappa shape index (κ1) is 19.6. The molecular formula is C16H20ClF3IN3. The number of hydrogen-bond acceptors (Lipinski definition) is 1. The van der Waals surface area contributed by atoms with Crippen molar-refractivity contribution >= 4 is 41.5 Å². The minimum absolute atomic E-state index is 0. The van der Waals surface area contributed by atoms with E-state index in [1.54, 1.807) is 0 Å². The van der Waals surface area contributed by atoms with E-state index in [4.69, 9.17) is 17.3 Å². The SMILES string of the molecule is CN(C(N)=NCC1(c2cc(C(F)(F)F)ccc2Cl)CC1)C1CC1.I. The third-order valence-corrected chi connectivity index (χ3v) is 5.05. The highest BCUT2D eigenvalue weighted by molar-refractivity contribution is 14.0. The molecule has 0 saturated heterocycles. The first-order valence-corrected chi connectivity index (χ1v) is 8.01. The number of nitrogens with two attached hydrogens (primary N) is 1. The summed E-state index contributed by atoms with van der Waals surface area (Å²) in [7, 11) is 1.90. The molecule has 8 heteroatoms. The molecule has 0 amide bonds. The van der Waals surface area contributed by atoms with Gasteiger partial charge < -0.3 is 10.6 Å². The fourth-order valence-corrected chi connectivity index (χ4v) is 3.08. The van der Waals surface area contributed by atoms with E-state index in [0.29, 0.717) is 29.1 Å². The zero-order valence-corrected chi connectivity index (χ0v) is 16.3. The number of aliphatic imine (C=N–C) groups is 1. The molecule has 134 valence electrons. The minimum Gasteiger partial charge on any atom is -0.370 e. The Morgan fingerprint density at radius 3 is 2.50 bits per heavy atom. The van der Waals surface area contributed by atoms with Crippen LogP contribution in [0, 0.1) is 0 Å². The van der Waals surface area contributed by atoms with Crippen LogP contribution >= 0.6 is 35.6 Å². The van der Waals surface area contributed by atoms with Crippen molar-refractivity contribution in [3.05, 3.63) is 34.3 Å². The molecule has 3 nitrogen and oxygen atoms in total. The summed E-state index contributed by atoms with van der Waals surface area (Å²) in [6.45, 7) is 0.372. The maximum absolute atomic E-state index is 12.9. The van der Waals surface area contributed by atoms with Gasteiger partial charge in [0.05, 0.1) is 12.1 Å². The van der Waals surface area contributed by atoms with Crippen LogP contribution in [0.25, 0.3) is 0 Å². The summed E-state index contributed by atoms with van der Waals surface area (Å²) in [5.74, 6) is 0.446. The lowest BCUT2D eigenvalue weighted by Gasteiger charge is -2.20. The molecule has 2 N–H and O–H groups in total. The van der Waals surface area contributed by atoms with Gasteiger partial charge in [-0.05, 0) is 49.4 Å². The molecule has 0 atom stereocenters. The Morgan fingerprint density at radius 1 is 1.38 bits per heavy atom. The van der Waals surface area contributed by atoms with E-state index in [2.05, 4.69) is 4.99 Å². The van der Waals surface area contributed by atoms with Gasteiger partial charge in [0.15, 0.2) is 5.96 Å². The molecule has 0 unspecified atom stereocenters. The van der Waals surface area contributed by atoms with Crippen LogP contribution in [-0.4, -0.2) is 30.5 Å². The van der Waals surface area contributed by atoms with E-state index in [1.165, 1.54) is 6.07 Å². The van der Waals surface area contributed by atoms with Crippen LogP contribution in [0.5, 0.6) is 0 Å². The summed E-state index contributed by atoms with van der Waals surface area (Å²) in [5, 5.41) is 0.361. The van der Waals surface area contributed by atoms with Gasteiger partial charge in [0.1, 0.15) is 0 Å². The maximum Gasteiger partial charge on any atom is 0.416 e. The molecule has 1 aromatic rings. The van der Waals surface area contributed by atoms with Crippen molar-refractivity contribution in [2.24, 2.45) is 10.7 Å². The van der Waals surface area contributed by atoms with Gasteiger partial charge in [-0.3, -0.25) is 4.99 Å². The Labute approximate surface area is 161 Å². The third-order valence-electron chi connectivity index (χ3n) is 4.72. The van der Waals surface area contributed by atoms with Crippen LogP contribution in [0.4, 0.5) is 13.2 Å². The summed E-state index contributed by atoms with van der Waals surface area (Å²) in [6.07, 6.45) is -0.603. The number of halogens is 5. The molecule has 2 fully saturated rings. The molecular weight excluding hydrogens is 454 g/mol. The number of rotatable bonds is 4. The third kappa shape index (κ3) is 4.09. The predicted molar refractivity (Wildman–Crippen MR) is 100 cm³/mol. The average molecular weight is 474 g/mol. The van der Waals surface area contributed by atoms with Crippen LogP contribution in [0.15, 0.2) is 23.2 Å². The molecule has 0 aliphatic heterocycles. The zero-order valence-electron chi connectivity index (χ0n) is 13.2. The topological polar surface area (TPSA) is 41.6 Å². The van der Waals surface area contributed by atoms with Crippen molar-refractivity contribution in [1.29, 1.82) is 0 Å². The number of benzene rings is 1. The van der Waals surface area contributed by atoms with E-state index in [1.807, 2.05) is 11.9 Å². The summed E-state index contributed by atoms with van der Waals surface area (Å²) in [5.41, 5.74) is 5.42. The van der Waals surface area contributed by atoms with Gasteiger partial charge in [0.25, 0.3) is 0 Å². The molecule has 24 heavy (non-hydrogen) atoms. The second-order valence-corrected chi connectivity index (χ2v) is 6.90. The molecule has 0 radical (unpaired) electrons. The van der Waals surface area contributed by atoms with E-state index in [-0.39, 0.29) is 24.0 Å². The van der Waals surface area contributed by atoms with E-state index >= 15 is 0 Å². The second-order valence-electron chi connectivity index (χ2n) is 6.49. The predicted octanol–water partition coefficient (Wildman–Crippen LogP) is 4.42. The molecule has 1 aromatic carbocycles. The van der Waals surface area contributed by atoms with Crippen molar-refractivity contribution in [3.63, 3.8) is 0 Å². The summed E-state index contributed by atoms with van der Waals surface area (Å²) < 4.78 is 38.8. The first-order chi connectivity index (χ1) is 10.7. The zero-order chi connectivity index (χ0) is 16.8. The molecule has 2 saturated carbocycles. The minimum atomic E-state index is -4.37. The second kappa shape index (κ2) is 6.90. The molecule has 0 heterocycles. The maximum atomic E-state index is 12.9. The Hall–Kier alpha value is -0.700. The van der Waals surface area contributed by atoms with E-state index in [9.17, 15) is 13.2 Å². The number of nitrogens with zero attached hydrogens (tertiary/aromatic N) is 2.